The number of nitrogens with one attached hydrogen (secondary N) is 1. The Labute approximate surface area is 380 Å². The van der Waals surface area contributed by atoms with Crippen molar-refractivity contribution in [3.8, 4) is 0 Å². The smallest absolute Gasteiger partial charge is 0.220 e. The van der Waals surface area contributed by atoms with Gasteiger partial charge < -0.3 is 15.5 Å². The van der Waals surface area contributed by atoms with Crippen LogP contribution in [0.15, 0.2) is 72.9 Å². The third-order valence-corrected chi connectivity index (χ3v) is 11.9. The summed E-state index contributed by atoms with van der Waals surface area (Å²) in [6.45, 7) is 4.19. The van der Waals surface area contributed by atoms with E-state index in [-0.39, 0.29) is 12.5 Å². The predicted molar refractivity (Wildman–Crippen MR) is 271 cm³/mol. The largest absolute Gasteiger partial charge is 0.394 e. The van der Waals surface area contributed by atoms with Crippen molar-refractivity contribution < 1.29 is 15.0 Å². The van der Waals surface area contributed by atoms with Crippen LogP contribution in [0.25, 0.3) is 0 Å². The topological polar surface area (TPSA) is 69.6 Å². The maximum atomic E-state index is 12.4. The fourth-order valence-electron chi connectivity index (χ4n) is 7.91. The Hall–Kier alpha value is -2.17. The number of amides is 1. The molecule has 354 valence electrons. The standard InChI is InChI=1S/C57H103NO3/c1-3-5-7-9-11-13-15-17-18-19-20-21-22-23-24-25-26-27-28-29-30-31-32-33-34-35-36-37-38-39-40-41-43-45-47-49-51-53-57(61)58-55(54-59)56(60)52-50-48-46-44-42-16-14-12-10-8-6-4-2/h5,7,11,13,17-18,20-21,23-24,50,52,55-56,59-60H,3-4,6,8-10,12,14-16,19,22,25-49,51,53-54H2,1-2H3,(H,58,61)/b7-5-,13-11-,18-17-,21-20-,24-23-,52-50+. The van der Waals surface area contributed by atoms with Crippen molar-refractivity contribution in [1.29, 1.82) is 0 Å². The highest BCUT2D eigenvalue weighted by molar-refractivity contribution is 5.76. The Morgan fingerprint density at radius 3 is 1.08 bits per heavy atom. The van der Waals surface area contributed by atoms with E-state index in [9.17, 15) is 15.0 Å². The van der Waals surface area contributed by atoms with Crippen LogP contribution in [0.5, 0.6) is 0 Å². The van der Waals surface area contributed by atoms with Gasteiger partial charge in [-0.1, -0.05) is 267 Å². The van der Waals surface area contributed by atoms with Gasteiger partial charge in [-0.2, -0.15) is 0 Å². The average Bonchev–Trinajstić information content (AvgIpc) is 3.26. The van der Waals surface area contributed by atoms with Crippen molar-refractivity contribution >= 4 is 5.91 Å². The lowest BCUT2D eigenvalue weighted by Gasteiger charge is -2.20. The van der Waals surface area contributed by atoms with Crippen LogP contribution in [0.3, 0.4) is 0 Å². The van der Waals surface area contributed by atoms with E-state index in [1.807, 2.05) is 6.08 Å². The molecular weight excluding hydrogens is 747 g/mol. The first-order chi connectivity index (χ1) is 30.2. The molecule has 0 fully saturated rings. The molecule has 3 N–H and O–H groups in total. The maximum Gasteiger partial charge on any atom is 0.220 e. The number of hydrogen-bond acceptors (Lipinski definition) is 3. The SMILES string of the molecule is CC/C=C\C/C=C\C/C=C\C/C=C\C/C=C\CCCCCCCCCCCCCCCCCCCCCCCC(=O)NC(CO)C(O)/C=C/CCCCCCCCCCCC. The zero-order valence-electron chi connectivity index (χ0n) is 40.7. The lowest BCUT2D eigenvalue weighted by Crippen LogP contribution is -2.45. The van der Waals surface area contributed by atoms with Crippen molar-refractivity contribution in [2.24, 2.45) is 0 Å². The number of allylic oxidation sites excluding steroid dienone is 11. The highest BCUT2D eigenvalue weighted by Crippen LogP contribution is 2.16. The highest BCUT2D eigenvalue weighted by atomic mass is 16.3. The van der Waals surface area contributed by atoms with E-state index in [2.05, 4.69) is 79.9 Å². The molecule has 0 aliphatic heterocycles. The van der Waals surface area contributed by atoms with E-state index in [0.717, 1.165) is 57.8 Å². The van der Waals surface area contributed by atoms with Gasteiger partial charge in [0.05, 0.1) is 18.8 Å². The third-order valence-electron chi connectivity index (χ3n) is 11.9. The van der Waals surface area contributed by atoms with Gasteiger partial charge in [-0.15, -0.1) is 0 Å². The van der Waals surface area contributed by atoms with Crippen molar-refractivity contribution in [2.75, 3.05) is 6.61 Å². The summed E-state index contributed by atoms with van der Waals surface area (Å²) in [6.07, 6.45) is 74.9. The summed E-state index contributed by atoms with van der Waals surface area (Å²) < 4.78 is 0. The monoisotopic (exact) mass is 850 g/mol. The molecule has 0 bridgehead atoms. The van der Waals surface area contributed by atoms with Gasteiger partial charge in [-0.05, 0) is 64.2 Å². The minimum absolute atomic E-state index is 0.0632. The predicted octanol–water partition coefficient (Wildman–Crippen LogP) is 17.4. The van der Waals surface area contributed by atoms with Crippen LogP contribution in [0.1, 0.15) is 264 Å². The van der Waals surface area contributed by atoms with Gasteiger partial charge in [0.2, 0.25) is 5.91 Å². The number of carbonyl (C=O) groups is 1. The summed E-state index contributed by atoms with van der Waals surface area (Å²) in [7, 11) is 0. The average molecular weight is 850 g/mol. The molecule has 0 heterocycles. The van der Waals surface area contributed by atoms with Crippen molar-refractivity contribution in [3.63, 3.8) is 0 Å². The molecule has 4 nitrogen and oxygen atoms in total. The van der Waals surface area contributed by atoms with Gasteiger partial charge in [0.25, 0.3) is 0 Å². The molecule has 0 saturated carbocycles. The van der Waals surface area contributed by atoms with Gasteiger partial charge in [-0.3, -0.25) is 4.79 Å². The molecule has 1 amide bonds. The van der Waals surface area contributed by atoms with Gasteiger partial charge in [0, 0.05) is 6.42 Å². The first-order valence-corrected chi connectivity index (χ1v) is 26.7. The van der Waals surface area contributed by atoms with E-state index in [0.29, 0.717) is 6.42 Å². The summed E-state index contributed by atoms with van der Waals surface area (Å²) in [5.41, 5.74) is 0. The Bertz CT molecular complexity index is 1050. The summed E-state index contributed by atoms with van der Waals surface area (Å²) in [6, 6.07) is -0.621. The molecule has 0 aromatic carbocycles. The molecule has 0 spiro atoms. The minimum atomic E-state index is -0.838. The van der Waals surface area contributed by atoms with Crippen molar-refractivity contribution in [1.82, 2.24) is 5.32 Å². The van der Waals surface area contributed by atoms with Crippen LogP contribution in [0.4, 0.5) is 0 Å². The number of aliphatic hydroxyl groups excluding tert-OH is 2. The maximum absolute atomic E-state index is 12.4. The summed E-state index contributed by atoms with van der Waals surface area (Å²) in [5.74, 6) is -0.0632. The Morgan fingerprint density at radius 2 is 0.721 bits per heavy atom. The highest BCUT2D eigenvalue weighted by Gasteiger charge is 2.18. The number of aliphatic hydroxyl groups is 2. The van der Waals surface area contributed by atoms with E-state index >= 15 is 0 Å². The zero-order chi connectivity index (χ0) is 44.2. The second kappa shape index (κ2) is 52.2. The lowest BCUT2D eigenvalue weighted by molar-refractivity contribution is -0.123. The van der Waals surface area contributed by atoms with E-state index in [1.165, 1.54) is 186 Å². The van der Waals surface area contributed by atoms with Gasteiger partial charge >= 0.3 is 0 Å². The molecule has 0 radical (unpaired) electrons. The van der Waals surface area contributed by atoms with E-state index in [1.54, 1.807) is 6.08 Å². The first kappa shape index (κ1) is 58.8. The molecule has 2 atom stereocenters. The molecule has 0 rings (SSSR count). The normalized spacial score (nSPS) is 13.4. The summed E-state index contributed by atoms with van der Waals surface area (Å²) >= 11 is 0. The lowest BCUT2D eigenvalue weighted by atomic mass is 10.0. The quantitative estimate of drug-likeness (QED) is 0.0422. The van der Waals surface area contributed by atoms with Crippen LogP contribution in [0.2, 0.25) is 0 Å². The van der Waals surface area contributed by atoms with Gasteiger partial charge in [0.15, 0.2) is 0 Å². The molecular formula is C57H103NO3. The zero-order valence-corrected chi connectivity index (χ0v) is 40.7. The van der Waals surface area contributed by atoms with Crippen molar-refractivity contribution in [2.45, 2.75) is 276 Å². The van der Waals surface area contributed by atoms with Crippen LogP contribution in [-0.4, -0.2) is 34.9 Å². The van der Waals surface area contributed by atoms with Crippen molar-refractivity contribution in [3.05, 3.63) is 72.9 Å². The van der Waals surface area contributed by atoms with Gasteiger partial charge in [0.1, 0.15) is 0 Å². The summed E-state index contributed by atoms with van der Waals surface area (Å²) in [5, 5.41) is 23.0. The molecule has 0 aromatic rings. The Morgan fingerprint density at radius 1 is 0.410 bits per heavy atom. The minimum Gasteiger partial charge on any atom is -0.394 e. The van der Waals surface area contributed by atoms with E-state index < -0.39 is 12.1 Å². The molecule has 0 aliphatic rings. The number of rotatable bonds is 48. The number of hydrogen-bond donors (Lipinski definition) is 3. The molecule has 0 aliphatic carbocycles. The van der Waals surface area contributed by atoms with Gasteiger partial charge in [-0.25, -0.2) is 0 Å². The molecule has 0 saturated heterocycles. The molecule has 0 aromatic heterocycles. The second-order valence-electron chi connectivity index (χ2n) is 17.9. The Kier molecular flexibility index (Phi) is 50.3. The Balaban J connectivity index is 3.43. The fraction of sp³-hybridized carbons (Fsp3) is 0.772. The first-order valence-electron chi connectivity index (χ1n) is 26.7. The second-order valence-corrected chi connectivity index (χ2v) is 17.9. The third kappa shape index (κ3) is 48.7. The fourth-order valence-corrected chi connectivity index (χ4v) is 7.91. The number of carbonyl (C=O) groups excluding carboxylic acids is 1. The van der Waals surface area contributed by atoms with Crippen LogP contribution in [0, 0.1) is 0 Å². The van der Waals surface area contributed by atoms with Crippen LogP contribution in [-0.2, 0) is 4.79 Å². The van der Waals surface area contributed by atoms with E-state index in [4.69, 9.17) is 0 Å². The molecule has 61 heavy (non-hydrogen) atoms. The molecule has 4 heteroatoms. The van der Waals surface area contributed by atoms with Crippen LogP contribution < -0.4 is 5.32 Å². The molecule has 2 unspecified atom stereocenters. The summed E-state index contributed by atoms with van der Waals surface area (Å²) in [4.78, 5) is 12.4. The number of unbranched alkanes of at least 4 members (excludes halogenated alkanes) is 31. The van der Waals surface area contributed by atoms with Crippen LogP contribution >= 0.6 is 0 Å².